The summed E-state index contributed by atoms with van der Waals surface area (Å²) in [6, 6.07) is 11.4. The van der Waals surface area contributed by atoms with Crippen molar-refractivity contribution < 1.29 is 4.39 Å². The summed E-state index contributed by atoms with van der Waals surface area (Å²) in [6.45, 7) is 0.475. The fourth-order valence-corrected chi connectivity index (χ4v) is 2.86. The average molecular weight is 324 g/mol. The van der Waals surface area contributed by atoms with E-state index in [4.69, 9.17) is 28.9 Å². The number of anilines is 1. The molecule has 0 radical (unpaired) electrons. The molecule has 1 heterocycles. The Morgan fingerprint density at radius 2 is 1.86 bits per heavy atom. The van der Waals surface area contributed by atoms with Gasteiger partial charge in [0.2, 0.25) is 0 Å². The van der Waals surface area contributed by atoms with Crippen LogP contribution in [-0.4, -0.2) is 12.5 Å². The smallest absolute Gasteiger partial charge is 0.196 e. The van der Waals surface area contributed by atoms with Gasteiger partial charge in [-0.25, -0.2) is 4.39 Å². The Morgan fingerprint density at radius 3 is 2.57 bits per heavy atom. The van der Waals surface area contributed by atoms with Crippen LogP contribution in [0.3, 0.4) is 0 Å². The molecule has 0 amide bonds. The van der Waals surface area contributed by atoms with Crippen molar-refractivity contribution in [3.8, 4) is 0 Å². The summed E-state index contributed by atoms with van der Waals surface area (Å²) in [7, 11) is 0. The number of nitrogens with zero attached hydrogens (tertiary/aromatic N) is 2. The lowest BCUT2D eigenvalue weighted by Gasteiger charge is -2.27. The summed E-state index contributed by atoms with van der Waals surface area (Å²) >= 11 is 12.4. The Hall–Kier alpha value is -1.78. The molecule has 0 spiro atoms. The van der Waals surface area contributed by atoms with Crippen LogP contribution < -0.4 is 10.6 Å². The van der Waals surface area contributed by atoms with Crippen LogP contribution in [0.15, 0.2) is 47.5 Å². The zero-order chi connectivity index (χ0) is 15.0. The van der Waals surface area contributed by atoms with Gasteiger partial charge in [-0.15, -0.1) is 0 Å². The van der Waals surface area contributed by atoms with Crippen LogP contribution in [0, 0.1) is 5.82 Å². The van der Waals surface area contributed by atoms with Crippen molar-refractivity contribution in [3.05, 3.63) is 63.9 Å². The van der Waals surface area contributed by atoms with E-state index in [1.165, 1.54) is 12.1 Å². The molecule has 21 heavy (non-hydrogen) atoms. The summed E-state index contributed by atoms with van der Waals surface area (Å²) in [5, 5.41) is 0.972. The van der Waals surface area contributed by atoms with Gasteiger partial charge in [-0.3, -0.25) is 4.99 Å². The van der Waals surface area contributed by atoms with Crippen molar-refractivity contribution in [3.63, 3.8) is 0 Å². The van der Waals surface area contributed by atoms with Gasteiger partial charge in [0.15, 0.2) is 5.96 Å². The maximum Gasteiger partial charge on any atom is 0.196 e. The van der Waals surface area contributed by atoms with Gasteiger partial charge < -0.3 is 10.6 Å². The predicted molar refractivity (Wildman–Crippen MR) is 84.6 cm³/mol. The Kier molecular flexibility index (Phi) is 3.74. The number of benzene rings is 2. The van der Waals surface area contributed by atoms with Crippen LogP contribution in [0.1, 0.15) is 11.6 Å². The predicted octanol–water partition coefficient (Wildman–Crippen LogP) is 4.01. The van der Waals surface area contributed by atoms with Gasteiger partial charge in [0.25, 0.3) is 0 Å². The second-order valence-electron chi connectivity index (χ2n) is 4.70. The first kappa shape index (κ1) is 14.2. The molecule has 6 heteroatoms. The summed E-state index contributed by atoms with van der Waals surface area (Å²) < 4.78 is 13.1. The van der Waals surface area contributed by atoms with Gasteiger partial charge in [0, 0.05) is 5.69 Å². The molecule has 1 unspecified atom stereocenters. The Labute approximate surface area is 131 Å². The first-order valence-electron chi connectivity index (χ1n) is 6.36. The third kappa shape index (κ3) is 2.57. The molecule has 0 fully saturated rings. The van der Waals surface area contributed by atoms with Crippen molar-refractivity contribution in [2.75, 3.05) is 11.4 Å². The molecular weight excluding hydrogens is 312 g/mol. The summed E-state index contributed by atoms with van der Waals surface area (Å²) in [5.41, 5.74) is 7.58. The number of hydrogen-bond donors (Lipinski definition) is 1. The van der Waals surface area contributed by atoms with Gasteiger partial charge in [0.05, 0.1) is 22.6 Å². The highest BCUT2D eigenvalue weighted by molar-refractivity contribution is 6.42. The molecule has 0 aliphatic carbocycles. The van der Waals surface area contributed by atoms with Gasteiger partial charge in [0.1, 0.15) is 5.82 Å². The summed E-state index contributed by atoms with van der Waals surface area (Å²) in [6.07, 6.45) is 0. The zero-order valence-electron chi connectivity index (χ0n) is 10.9. The molecule has 1 atom stereocenters. The quantitative estimate of drug-likeness (QED) is 0.907. The minimum Gasteiger partial charge on any atom is -0.369 e. The molecule has 108 valence electrons. The molecule has 3 nitrogen and oxygen atoms in total. The summed E-state index contributed by atoms with van der Waals surface area (Å²) in [5.74, 6) is 0.0773. The SMILES string of the molecule is NC1=NCC(c2cccc(Cl)c2Cl)N1c1ccc(F)cc1. The molecule has 2 aromatic carbocycles. The lowest BCUT2D eigenvalue weighted by atomic mass is 10.1. The number of halogens is 3. The number of nitrogens with two attached hydrogens (primary N) is 1. The highest BCUT2D eigenvalue weighted by Crippen LogP contribution is 2.37. The zero-order valence-corrected chi connectivity index (χ0v) is 12.4. The third-order valence-electron chi connectivity index (χ3n) is 3.43. The van der Waals surface area contributed by atoms with Crippen LogP contribution in [0.4, 0.5) is 10.1 Å². The van der Waals surface area contributed by atoms with Crippen LogP contribution >= 0.6 is 23.2 Å². The minimum atomic E-state index is -0.300. The highest BCUT2D eigenvalue weighted by atomic mass is 35.5. The molecule has 1 aliphatic heterocycles. The third-order valence-corrected chi connectivity index (χ3v) is 4.26. The first-order chi connectivity index (χ1) is 10.1. The fourth-order valence-electron chi connectivity index (χ4n) is 2.43. The van der Waals surface area contributed by atoms with Crippen LogP contribution in [-0.2, 0) is 0 Å². The molecule has 2 N–H and O–H groups in total. The molecule has 0 saturated carbocycles. The second kappa shape index (κ2) is 5.54. The van der Waals surface area contributed by atoms with Gasteiger partial charge in [-0.2, -0.15) is 0 Å². The van der Waals surface area contributed by atoms with E-state index in [-0.39, 0.29) is 11.9 Å². The fraction of sp³-hybridized carbons (Fsp3) is 0.133. The van der Waals surface area contributed by atoms with E-state index in [9.17, 15) is 4.39 Å². The van der Waals surface area contributed by atoms with E-state index in [0.717, 1.165) is 11.3 Å². The largest absolute Gasteiger partial charge is 0.369 e. The maximum atomic E-state index is 13.1. The number of rotatable bonds is 2. The minimum absolute atomic E-state index is 0.151. The second-order valence-corrected chi connectivity index (χ2v) is 5.49. The number of hydrogen-bond acceptors (Lipinski definition) is 3. The van der Waals surface area contributed by atoms with Crippen LogP contribution in [0.5, 0.6) is 0 Å². The van der Waals surface area contributed by atoms with Crippen molar-refractivity contribution >= 4 is 34.8 Å². The highest BCUT2D eigenvalue weighted by Gasteiger charge is 2.30. The van der Waals surface area contributed by atoms with Crippen LogP contribution in [0.25, 0.3) is 0 Å². The molecular formula is C15H12Cl2FN3. The first-order valence-corrected chi connectivity index (χ1v) is 7.12. The van der Waals surface area contributed by atoms with Crippen LogP contribution in [0.2, 0.25) is 10.0 Å². The van der Waals surface area contributed by atoms with E-state index >= 15 is 0 Å². The van der Waals surface area contributed by atoms with Crippen molar-refractivity contribution in [2.45, 2.75) is 6.04 Å². The molecule has 0 saturated heterocycles. The lowest BCUT2D eigenvalue weighted by Crippen LogP contribution is -2.36. The Morgan fingerprint density at radius 1 is 1.14 bits per heavy atom. The molecule has 0 aromatic heterocycles. The van der Waals surface area contributed by atoms with E-state index < -0.39 is 0 Å². The van der Waals surface area contributed by atoms with E-state index in [1.807, 2.05) is 17.0 Å². The summed E-state index contributed by atoms with van der Waals surface area (Å²) in [4.78, 5) is 6.10. The number of guanidine groups is 1. The van der Waals surface area contributed by atoms with E-state index in [2.05, 4.69) is 4.99 Å². The topological polar surface area (TPSA) is 41.6 Å². The van der Waals surface area contributed by atoms with E-state index in [1.54, 1.807) is 18.2 Å². The van der Waals surface area contributed by atoms with Crippen molar-refractivity contribution in [1.29, 1.82) is 0 Å². The molecule has 0 bridgehead atoms. The lowest BCUT2D eigenvalue weighted by molar-refractivity contribution is 0.627. The molecule has 3 rings (SSSR count). The monoisotopic (exact) mass is 323 g/mol. The Balaban J connectivity index is 2.03. The van der Waals surface area contributed by atoms with Crippen molar-refractivity contribution in [2.24, 2.45) is 10.7 Å². The van der Waals surface area contributed by atoms with Crippen molar-refractivity contribution in [1.82, 2.24) is 0 Å². The van der Waals surface area contributed by atoms with Gasteiger partial charge in [-0.1, -0.05) is 35.3 Å². The van der Waals surface area contributed by atoms with Gasteiger partial charge in [-0.05, 0) is 35.9 Å². The normalized spacial score (nSPS) is 18.0. The molecule has 1 aliphatic rings. The Bertz CT molecular complexity index is 701. The van der Waals surface area contributed by atoms with Gasteiger partial charge >= 0.3 is 0 Å². The molecule has 2 aromatic rings. The maximum absolute atomic E-state index is 13.1. The standard InChI is InChI=1S/C15H12Cl2FN3/c16-12-3-1-2-11(14(12)17)13-8-20-15(19)21(13)10-6-4-9(18)5-7-10/h1-7,13H,8H2,(H2,19,20). The average Bonchev–Trinajstić information content (AvgIpc) is 2.85. The number of aliphatic imine (C=N–C) groups is 1. The van der Waals surface area contributed by atoms with E-state index in [0.29, 0.717) is 22.5 Å².